The number of rotatable bonds is 4. The van der Waals surface area contributed by atoms with Gasteiger partial charge in [-0.2, -0.15) is 0 Å². The van der Waals surface area contributed by atoms with Crippen LogP contribution in [0.3, 0.4) is 0 Å². The third kappa shape index (κ3) is 3.86. The van der Waals surface area contributed by atoms with Gasteiger partial charge in [0.1, 0.15) is 5.69 Å². The van der Waals surface area contributed by atoms with E-state index in [4.69, 9.17) is 0 Å². The Hall–Kier alpha value is -2.34. The van der Waals surface area contributed by atoms with Gasteiger partial charge in [0, 0.05) is 38.3 Å². The number of carbonyl (C=O) groups excluding carboxylic acids is 1. The van der Waals surface area contributed by atoms with Crippen molar-refractivity contribution in [3.8, 4) is 11.3 Å². The molecule has 2 heterocycles. The lowest BCUT2D eigenvalue weighted by Gasteiger charge is -2.28. The number of amides is 1. The van der Waals surface area contributed by atoms with Crippen LogP contribution in [0.15, 0.2) is 35.1 Å². The second-order valence-corrected chi connectivity index (χ2v) is 7.68. The first kappa shape index (κ1) is 18.0. The molecule has 0 spiro atoms. The number of aromatic amines is 1. The van der Waals surface area contributed by atoms with Crippen LogP contribution >= 0.6 is 0 Å². The SMILES string of the molecule is O=C(c1c(-c2ccccc2)[nH]c(=O)n1CC1CCCCC1)N1CCNCC1. The quantitative estimate of drug-likeness (QED) is 0.871. The summed E-state index contributed by atoms with van der Waals surface area (Å²) >= 11 is 0. The number of imidazole rings is 1. The normalized spacial score (nSPS) is 18.6. The minimum atomic E-state index is -0.169. The molecule has 2 N–H and O–H groups in total. The Bertz CT molecular complexity index is 828. The van der Waals surface area contributed by atoms with Gasteiger partial charge < -0.3 is 15.2 Å². The molecule has 1 aromatic heterocycles. The third-order valence-electron chi connectivity index (χ3n) is 5.82. The van der Waals surface area contributed by atoms with Gasteiger partial charge in [0.25, 0.3) is 5.91 Å². The van der Waals surface area contributed by atoms with Crippen molar-refractivity contribution in [2.45, 2.75) is 38.6 Å². The molecule has 1 aliphatic heterocycles. The zero-order valence-corrected chi connectivity index (χ0v) is 15.7. The Balaban J connectivity index is 1.74. The largest absolute Gasteiger partial charge is 0.335 e. The van der Waals surface area contributed by atoms with Crippen molar-refractivity contribution in [3.05, 3.63) is 46.5 Å². The topological polar surface area (TPSA) is 70.1 Å². The average molecular weight is 368 g/mol. The van der Waals surface area contributed by atoms with Crippen LogP contribution in [0.25, 0.3) is 11.3 Å². The second kappa shape index (κ2) is 8.13. The van der Waals surface area contributed by atoms with Gasteiger partial charge in [-0.15, -0.1) is 0 Å². The van der Waals surface area contributed by atoms with Gasteiger partial charge in [-0.05, 0) is 18.8 Å². The number of nitrogens with one attached hydrogen (secondary N) is 2. The van der Waals surface area contributed by atoms with E-state index in [1.807, 2.05) is 35.2 Å². The predicted octanol–water partition coefficient (Wildman–Crippen LogP) is 2.47. The van der Waals surface area contributed by atoms with E-state index in [0.29, 0.717) is 36.9 Å². The van der Waals surface area contributed by atoms with Gasteiger partial charge in [0.15, 0.2) is 0 Å². The molecule has 0 unspecified atom stereocenters. The van der Waals surface area contributed by atoms with E-state index >= 15 is 0 Å². The molecular weight excluding hydrogens is 340 g/mol. The number of H-pyrrole nitrogens is 1. The van der Waals surface area contributed by atoms with Gasteiger partial charge in [0.2, 0.25) is 0 Å². The van der Waals surface area contributed by atoms with Crippen LogP contribution in [0, 0.1) is 5.92 Å². The lowest BCUT2D eigenvalue weighted by Crippen LogP contribution is -2.47. The van der Waals surface area contributed by atoms with Gasteiger partial charge in [0.05, 0.1) is 5.69 Å². The molecule has 2 aromatic rings. The first-order valence-electron chi connectivity index (χ1n) is 10.1. The van der Waals surface area contributed by atoms with Crippen molar-refractivity contribution in [1.82, 2.24) is 19.8 Å². The fraction of sp³-hybridized carbons (Fsp3) is 0.524. The van der Waals surface area contributed by atoms with Crippen LogP contribution in [0.4, 0.5) is 0 Å². The summed E-state index contributed by atoms with van der Waals surface area (Å²) in [6.07, 6.45) is 5.99. The van der Waals surface area contributed by atoms with E-state index in [-0.39, 0.29) is 11.6 Å². The molecule has 2 aliphatic rings. The molecule has 6 heteroatoms. The maximum Gasteiger partial charge on any atom is 0.326 e. The zero-order chi connectivity index (χ0) is 18.6. The number of hydrogen-bond acceptors (Lipinski definition) is 3. The van der Waals surface area contributed by atoms with Crippen LogP contribution in [-0.4, -0.2) is 46.5 Å². The predicted molar refractivity (Wildman–Crippen MR) is 106 cm³/mol. The van der Waals surface area contributed by atoms with Crippen LogP contribution in [-0.2, 0) is 6.54 Å². The Morgan fingerprint density at radius 1 is 1.04 bits per heavy atom. The minimum absolute atomic E-state index is 0.0375. The summed E-state index contributed by atoms with van der Waals surface area (Å²) in [5.41, 5.74) is 1.90. The van der Waals surface area contributed by atoms with Crippen LogP contribution in [0.5, 0.6) is 0 Å². The Morgan fingerprint density at radius 3 is 2.44 bits per heavy atom. The number of carbonyl (C=O) groups is 1. The van der Waals surface area contributed by atoms with Crippen molar-refractivity contribution >= 4 is 5.91 Å². The molecule has 27 heavy (non-hydrogen) atoms. The van der Waals surface area contributed by atoms with Crippen LogP contribution in [0.1, 0.15) is 42.6 Å². The van der Waals surface area contributed by atoms with Crippen molar-refractivity contribution in [2.24, 2.45) is 5.92 Å². The van der Waals surface area contributed by atoms with Crippen molar-refractivity contribution in [3.63, 3.8) is 0 Å². The summed E-state index contributed by atoms with van der Waals surface area (Å²) < 4.78 is 1.71. The fourth-order valence-corrected chi connectivity index (χ4v) is 4.33. The first-order chi connectivity index (χ1) is 13.2. The maximum absolute atomic E-state index is 13.4. The van der Waals surface area contributed by atoms with Crippen molar-refractivity contribution in [1.29, 1.82) is 0 Å². The van der Waals surface area contributed by atoms with Crippen LogP contribution < -0.4 is 11.0 Å². The number of hydrogen-bond donors (Lipinski definition) is 2. The average Bonchev–Trinajstić information content (AvgIpc) is 3.06. The molecular formula is C21H28N4O2. The lowest BCUT2D eigenvalue weighted by atomic mass is 9.89. The Labute approximate surface area is 159 Å². The molecule has 6 nitrogen and oxygen atoms in total. The molecule has 1 saturated heterocycles. The molecule has 1 saturated carbocycles. The Morgan fingerprint density at radius 2 is 1.74 bits per heavy atom. The van der Waals surface area contributed by atoms with Crippen LogP contribution in [0.2, 0.25) is 0 Å². The van der Waals surface area contributed by atoms with Crippen molar-refractivity contribution < 1.29 is 4.79 Å². The third-order valence-corrected chi connectivity index (χ3v) is 5.82. The molecule has 1 aromatic carbocycles. The first-order valence-corrected chi connectivity index (χ1v) is 10.1. The van der Waals surface area contributed by atoms with E-state index in [9.17, 15) is 9.59 Å². The zero-order valence-electron chi connectivity index (χ0n) is 15.7. The monoisotopic (exact) mass is 368 g/mol. The molecule has 1 aliphatic carbocycles. The van der Waals surface area contributed by atoms with Gasteiger partial charge in [-0.25, -0.2) is 4.79 Å². The highest BCUT2D eigenvalue weighted by Gasteiger charge is 2.28. The summed E-state index contributed by atoms with van der Waals surface area (Å²) in [6.45, 7) is 3.58. The lowest BCUT2D eigenvalue weighted by molar-refractivity contribution is 0.0723. The number of piperazine rings is 1. The van der Waals surface area contributed by atoms with Gasteiger partial charge in [-0.1, -0.05) is 49.6 Å². The van der Waals surface area contributed by atoms with E-state index in [2.05, 4.69) is 10.3 Å². The van der Waals surface area contributed by atoms with E-state index in [0.717, 1.165) is 31.5 Å². The molecule has 144 valence electrons. The number of aromatic nitrogens is 2. The fourth-order valence-electron chi connectivity index (χ4n) is 4.33. The standard InChI is InChI=1S/C21H28N4O2/c26-20(24-13-11-22-12-14-24)19-18(17-9-5-2-6-10-17)23-21(27)25(19)15-16-7-3-1-4-8-16/h2,5-6,9-10,16,22H,1,3-4,7-8,11-15H2,(H,23,27). The summed E-state index contributed by atoms with van der Waals surface area (Å²) in [7, 11) is 0. The van der Waals surface area contributed by atoms with E-state index in [1.165, 1.54) is 19.3 Å². The molecule has 2 fully saturated rings. The summed E-state index contributed by atoms with van der Waals surface area (Å²) in [5.74, 6) is 0.440. The molecule has 4 rings (SSSR count). The molecule has 0 bridgehead atoms. The molecule has 0 atom stereocenters. The highest BCUT2D eigenvalue weighted by Crippen LogP contribution is 2.27. The highest BCUT2D eigenvalue weighted by atomic mass is 16.2. The van der Waals surface area contributed by atoms with Crippen molar-refractivity contribution in [2.75, 3.05) is 26.2 Å². The summed E-state index contributed by atoms with van der Waals surface area (Å²) in [4.78, 5) is 31.1. The van der Waals surface area contributed by atoms with Gasteiger partial charge >= 0.3 is 5.69 Å². The maximum atomic E-state index is 13.4. The smallest absolute Gasteiger partial charge is 0.326 e. The minimum Gasteiger partial charge on any atom is -0.335 e. The van der Waals surface area contributed by atoms with Gasteiger partial charge in [-0.3, -0.25) is 9.36 Å². The van der Waals surface area contributed by atoms with E-state index < -0.39 is 0 Å². The molecule has 1 amide bonds. The number of benzene rings is 1. The second-order valence-electron chi connectivity index (χ2n) is 7.68. The summed E-state index contributed by atoms with van der Waals surface area (Å²) in [6, 6.07) is 9.71. The highest BCUT2D eigenvalue weighted by molar-refractivity contribution is 5.98. The molecule has 0 radical (unpaired) electrons. The Kier molecular flexibility index (Phi) is 5.43. The van der Waals surface area contributed by atoms with E-state index in [1.54, 1.807) is 4.57 Å². The summed E-state index contributed by atoms with van der Waals surface area (Å²) in [5, 5.41) is 3.28. The number of nitrogens with zero attached hydrogens (tertiary/aromatic N) is 2.